The van der Waals surface area contributed by atoms with E-state index in [0.717, 1.165) is 0 Å². The molecule has 1 aliphatic heterocycles. The van der Waals surface area contributed by atoms with Crippen molar-refractivity contribution in [2.75, 3.05) is 0 Å². The number of hydrogen-bond donors (Lipinski definition) is 0. The van der Waals surface area contributed by atoms with Crippen LogP contribution in [0.2, 0.25) is 18.1 Å². The van der Waals surface area contributed by atoms with E-state index < -0.39 is 8.80 Å². The summed E-state index contributed by atoms with van der Waals surface area (Å²) in [6.07, 6.45) is 6.79. The third-order valence-corrected chi connectivity index (χ3v) is 7.85. The SMILES string of the molecule is CCCCC[SiH]1CCC(c2cc[c-]c(F)c2)CC1.[Br-].[Mg+2]. The van der Waals surface area contributed by atoms with Crippen LogP contribution in [0.5, 0.6) is 0 Å². The van der Waals surface area contributed by atoms with Crippen molar-refractivity contribution in [3.8, 4) is 0 Å². The monoisotopic (exact) mass is 366 g/mol. The normalized spacial score (nSPS) is 21.7. The Morgan fingerprint density at radius 2 is 2.00 bits per heavy atom. The van der Waals surface area contributed by atoms with Crippen molar-refractivity contribution in [1.29, 1.82) is 0 Å². The minimum absolute atomic E-state index is 0. The van der Waals surface area contributed by atoms with Crippen molar-refractivity contribution in [3.05, 3.63) is 35.6 Å². The molecule has 0 nitrogen and oxygen atoms in total. The molecule has 20 heavy (non-hydrogen) atoms. The second kappa shape index (κ2) is 11.2. The molecule has 108 valence electrons. The largest absolute Gasteiger partial charge is 2.00 e. The molecule has 1 aromatic rings. The maximum absolute atomic E-state index is 13.2. The Bertz CT molecular complexity index is 367. The molecular formula is C16H24BrFMgSi. The van der Waals surface area contributed by atoms with Crippen molar-refractivity contribution >= 4 is 31.8 Å². The predicted molar refractivity (Wildman–Crippen MR) is 84.1 cm³/mol. The topological polar surface area (TPSA) is 0 Å². The molecule has 4 heteroatoms. The van der Waals surface area contributed by atoms with E-state index in [1.54, 1.807) is 12.1 Å². The fraction of sp³-hybridized carbons (Fsp3) is 0.625. The zero-order valence-corrected chi connectivity index (χ0v) is 16.7. The zero-order chi connectivity index (χ0) is 12.8. The van der Waals surface area contributed by atoms with Crippen molar-refractivity contribution in [1.82, 2.24) is 0 Å². The molecule has 0 aromatic heterocycles. The standard InChI is InChI=1S/C16H24FSi.BrH.Mg/c1-2-3-4-10-18-11-8-14(9-12-18)15-6-5-7-16(17)13-15;;/h5-6,13-14,18H,2-4,8-12H2,1H3;1H;/q-1;;+2/p-1. The van der Waals surface area contributed by atoms with E-state index in [0.29, 0.717) is 5.92 Å². The molecule has 0 radical (unpaired) electrons. The molecule has 0 aliphatic carbocycles. The van der Waals surface area contributed by atoms with E-state index in [1.165, 1.54) is 55.8 Å². The molecule has 0 N–H and O–H groups in total. The molecule has 1 fully saturated rings. The molecule has 0 unspecified atom stereocenters. The first kappa shape index (κ1) is 20.6. The number of benzene rings is 1. The summed E-state index contributed by atoms with van der Waals surface area (Å²) >= 11 is 0. The van der Waals surface area contributed by atoms with Crippen LogP contribution >= 0.6 is 0 Å². The van der Waals surface area contributed by atoms with Gasteiger partial charge in [-0.25, -0.2) is 4.39 Å². The fourth-order valence-corrected chi connectivity index (χ4v) is 6.65. The van der Waals surface area contributed by atoms with Crippen LogP contribution in [-0.4, -0.2) is 31.8 Å². The van der Waals surface area contributed by atoms with Gasteiger partial charge in [-0.2, -0.15) is 17.7 Å². The van der Waals surface area contributed by atoms with Crippen LogP contribution in [0, 0.1) is 11.9 Å². The minimum Gasteiger partial charge on any atom is -1.00 e. The van der Waals surface area contributed by atoms with Gasteiger partial charge < -0.3 is 17.0 Å². The average Bonchev–Trinajstić information content (AvgIpc) is 2.40. The summed E-state index contributed by atoms with van der Waals surface area (Å²) in [6, 6.07) is 12.5. The summed E-state index contributed by atoms with van der Waals surface area (Å²) in [5, 5.41) is 0. The van der Waals surface area contributed by atoms with E-state index in [1.807, 2.05) is 6.07 Å². The molecule has 1 aromatic carbocycles. The Morgan fingerprint density at radius 1 is 1.30 bits per heavy atom. The number of rotatable bonds is 5. The van der Waals surface area contributed by atoms with Crippen LogP contribution in [0.15, 0.2) is 18.2 Å². The van der Waals surface area contributed by atoms with Gasteiger partial charge in [-0.1, -0.05) is 57.2 Å². The Kier molecular flexibility index (Phi) is 11.6. The molecule has 0 bridgehead atoms. The van der Waals surface area contributed by atoms with Gasteiger partial charge in [-0.3, -0.25) is 0 Å². The maximum Gasteiger partial charge on any atom is 2.00 e. The Morgan fingerprint density at radius 3 is 2.60 bits per heavy atom. The summed E-state index contributed by atoms with van der Waals surface area (Å²) in [4.78, 5) is 0. The first-order valence-electron chi connectivity index (χ1n) is 7.46. The van der Waals surface area contributed by atoms with Gasteiger partial charge in [0, 0.05) is 14.6 Å². The molecule has 1 aliphatic rings. The van der Waals surface area contributed by atoms with E-state index in [9.17, 15) is 4.39 Å². The zero-order valence-electron chi connectivity index (χ0n) is 12.5. The Labute approximate surface area is 151 Å². The molecule has 1 saturated heterocycles. The fourth-order valence-electron chi connectivity index (χ4n) is 3.18. The minimum atomic E-state index is -0.434. The van der Waals surface area contributed by atoms with Gasteiger partial charge >= 0.3 is 23.1 Å². The molecule has 0 spiro atoms. The second-order valence-corrected chi connectivity index (χ2v) is 9.15. The molecule has 2 rings (SSSR count). The summed E-state index contributed by atoms with van der Waals surface area (Å²) < 4.78 is 13.2. The number of halogens is 2. The van der Waals surface area contributed by atoms with Crippen LogP contribution in [0.3, 0.4) is 0 Å². The third kappa shape index (κ3) is 6.58. The van der Waals surface area contributed by atoms with Gasteiger partial charge in [-0.05, 0) is 5.92 Å². The average molecular weight is 368 g/mol. The molecule has 0 amide bonds. The summed E-state index contributed by atoms with van der Waals surface area (Å²) in [6.45, 7) is 2.28. The van der Waals surface area contributed by atoms with E-state index in [-0.39, 0.29) is 45.9 Å². The van der Waals surface area contributed by atoms with Crippen LogP contribution in [0.4, 0.5) is 4.39 Å². The van der Waals surface area contributed by atoms with Gasteiger partial charge in [0.15, 0.2) is 0 Å². The van der Waals surface area contributed by atoms with Crippen LogP contribution in [0.1, 0.15) is 50.5 Å². The Balaban J connectivity index is 0.00000180. The van der Waals surface area contributed by atoms with Crippen molar-refractivity contribution in [2.24, 2.45) is 0 Å². The van der Waals surface area contributed by atoms with Crippen LogP contribution < -0.4 is 17.0 Å². The van der Waals surface area contributed by atoms with Gasteiger partial charge in [0.25, 0.3) is 0 Å². The van der Waals surface area contributed by atoms with Crippen LogP contribution in [-0.2, 0) is 0 Å². The quantitative estimate of drug-likeness (QED) is 0.421. The van der Waals surface area contributed by atoms with Gasteiger partial charge in [0.1, 0.15) is 0 Å². The second-order valence-electron chi connectivity index (χ2n) is 5.68. The summed E-state index contributed by atoms with van der Waals surface area (Å²) in [5.74, 6) is 0.416. The molecule has 0 saturated carbocycles. The summed E-state index contributed by atoms with van der Waals surface area (Å²) in [7, 11) is -0.434. The van der Waals surface area contributed by atoms with Crippen molar-refractivity contribution < 1.29 is 21.4 Å². The van der Waals surface area contributed by atoms with E-state index in [4.69, 9.17) is 0 Å². The van der Waals surface area contributed by atoms with Gasteiger partial charge in [0.2, 0.25) is 0 Å². The van der Waals surface area contributed by atoms with Crippen molar-refractivity contribution in [3.63, 3.8) is 0 Å². The predicted octanol–water partition coefficient (Wildman–Crippen LogP) is 1.54. The smallest absolute Gasteiger partial charge is 1.00 e. The molecule has 0 atom stereocenters. The molecule has 1 heterocycles. The first-order chi connectivity index (χ1) is 8.79. The van der Waals surface area contributed by atoms with Crippen molar-refractivity contribution in [2.45, 2.75) is 63.1 Å². The number of unbranched alkanes of at least 4 members (excludes halogenated alkanes) is 2. The number of hydrogen-bond acceptors (Lipinski definition) is 0. The summed E-state index contributed by atoms with van der Waals surface area (Å²) in [5.41, 5.74) is 1.20. The van der Waals surface area contributed by atoms with Gasteiger partial charge in [0.05, 0.1) is 0 Å². The van der Waals surface area contributed by atoms with E-state index in [2.05, 4.69) is 13.0 Å². The molecular weight excluding hydrogens is 343 g/mol. The Hall–Kier alpha value is 0.613. The maximum atomic E-state index is 13.2. The third-order valence-electron chi connectivity index (χ3n) is 4.32. The van der Waals surface area contributed by atoms with E-state index >= 15 is 0 Å². The van der Waals surface area contributed by atoms with Gasteiger partial charge in [-0.15, -0.1) is 12.1 Å². The first-order valence-corrected chi connectivity index (χ1v) is 9.91. The van der Waals surface area contributed by atoms with Crippen LogP contribution in [0.25, 0.3) is 0 Å².